The molecule has 1 saturated carbocycles. The van der Waals surface area contributed by atoms with Crippen molar-refractivity contribution >= 4 is 39.9 Å². The molecule has 178 valence electrons. The van der Waals surface area contributed by atoms with Crippen molar-refractivity contribution in [1.29, 1.82) is 5.26 Å². The van der Waals surface area contributed by atoms with Crippen LogP contribution in [-0.2, 0) is 14.3 Å². The van der Waals surface area contributed by atoms with Crippen molar-refractivity contribution in [3.63, 3.8) is 0 Å². The summed E-state index contributed by atoms with van der Waals surface area (Å²) in [6.45, 7) is 3.16. The summed E-state index contributed by atoms with van der Waals surface area (Å²) in [5.74, 6) is -1.69. The van der Waals surface area contributed by atoms with E-state index in [9.17, 15) is 19.6 Å². The van der Waals surface area contributed by atoms with Gasteiger partial charge in [0.2, 0.25) is 0 Å². The van der Waals surface area contributed by atoms with Gasteiger partial charge >= 0.3 is 12.0 Å². The van der Waals surface area contributed by atoms with E-state index in [1.165, 1.54) is 6.08 Å². The van der Waals surface area contributed by atoms with Crippen molar-refractivity contribution in [1.82, 2.24) is 15.2 Å². The molecule has 0 saturated heterocycles. The largest absolute Gasteiger partial charge is 0.451 e. The van der Waals surface area contributed by atoms with Gasteiger partial charge < -0.3 is 14.6 Å². The van der Waals surface area contributed by atoms with Crippen LogP contribution in [0.2, 0.25) is 0 Å². The summed E-state index contributed by atoms with van der Waals surface area (Å²) >= 11 is 3.42. The monoisotopic (exact) mass is 526 g/mol. The Morgan fingerprint density at radius 2 is 1.85 bits per heavy atom. The Balaban J connectivity index is 1.61. The van der Waals surface area contributed by atoms with Crippen LogP contribution < -0.4 is 10.6 Å². The van der Waals surface area contributed by atoms with E-state index < -0.39 is 24.5 Å². The van der Waals surface area contributed by atoms with E-state index in [1.807, 2.05) is 54.8 Å². The summed E-state index contributed by atoms with van der Waals surface area (Å²) < 4.78 is 7.93. The molecule has 0 atom stereocenters. The summed E-state index contributed by atoms with van der Waals surface area (Å²) in [6.07, 6.45) is 6.45. The lowest BCUT2D eigenvalue weighted by molar-refractivity contribution is -0.144. The van der Waals surface area contributed by atoms with E-state index in [1.54, 1.807) is 0 Å². The molecule has 1 aliphatic carbocycles. The van der Waals surface area contributed by atoms with E-state index >= 15 is 0 Å². The maximum Gasteiger partial charge on any atom is 0.349 e. The van der Waals surface area contributed by atoms with E-state index in [2.05, 4.69) is 26.6 Å². The maximum absolute atomic E-state index is 12.4. The van der Waals surface area contributed by atoms with E-state index in [4.69, 9.17) is 4.74 Å². The number of carbonyl (C=O) groups is 3. The maximum atomic E-state index is 12.4. The predicted octanol–water partition coefficient (Wildman–Crippen LogP) is 4.47. The number of aryl methyl sites for hydroxylation is 1. The highest BCUT2D eigenvalue weighted by molar-refractivity contribution is 9.10. The van der Waals surface area contributed by atoms with Gasteiger partial charge in [-0.2, -0.15) is 5.26 Å². The lowest BCUT2D eigenvalue weighted by Gasteiger charge is -2.22. The molecule has 1 aromatic carbocycles. The molecule has 2 N–H and O–H groups in total. The van der Waals surface area contributed by atoms with Crippen molar-refractivity contribution in [2.75, 3.05) is 6.61 Å². The zero-order valence-corrected chi connectivity index (χ0v) is 20.8. The topological polar surface area (TPSA) is 113 Å². The van der Waals surface area contributed by atoms with Crippen molar-refractivity contribution in [3.8, 4) is 11.8 Å². The minimum absolute atomic E-state index is 0.0497. The van der Waals surface area contributed by atoms with Gasteiger partial charge in [0.15, 0.2) is 6.61 Å². The molecular weight excluding hydrogens is 500 g/mol. The summed E-state index contributed by atoms with van der Waals surface area (Å²) in [5, 5.41) is 14.4. The molecule has 8 nitrogen and oxygen atoms in total. The van der Waals surface area contributed by atoms with Gasteiger partial charge in [0.05, 0.1) is 0 Å². The Labute approximate surface area is 207 Å². The Morgan fingerprint density at radius 1 is 1.18 bits per heavy atom. The molecule has 2 aromatic rings. The number of carbonyl (C=O) groups excluding carboxylic acids is 3. The Morgan fingerprint density at radius 3 is 2.50 bits per heavy atom. The fourth-order valence-corrected chi connectivity index (χ4v) is 4.32. The van der Waals surface area contributed by atoms with Crippen molar-refractivity contribution in [2.24, 2.45) is 0 Å². The fraction of sp³-hybridized carbons (Fsp3) is 0.360. The molecule has 0 aliphatic heterocycles. The van der Waals surface area contributed by atoms with E-state index in [-0.39, 0.29) is 11.6 Å². The molecule has 34 heavy (non-hydrogen) atoms. The molecule has 1 aliphatic rings. The highest BCUT2D eigenvalue weighted by Crippen LogP contribution is 2.24. The number of amides is 3. The molecule has 1 fully saturated rings. The number of aromatic nitrogens is 1. The van der Waals surface area contributed by atoms with Crippen LogP contribution in [0, 0.1) is 25.2 Å². The first-order chi connectivity index (χ1) is 16.3. The first kappa shape index (κ1) is 25.2. The molecule has 3 rings (SSSR count). The number of hydrogen-bond acceptors (Lipinski definition) is 5. The smallest absolute Gasteiger partial charge is 0.349 e. The first-order valence-corrected chi connectivity index (χ1v) is 11.9. The van der Waals surface area contributed by atoms with Gasteiger partial charge in [-0.25, -0.2) is 9.59 Å². The van der Waals surface area contributed by atoms with E-state index in [0.29, 0.717) is 5.56 Å². The number of imide groups is 1. The third-order valence-corrected chi connectivity index (χ3v) is 6.25. The summed E-state index contributed by atoms with van der Waals surface area (Å²) in [7, 11) is 0. The number of nitriles is 1. The third kappa shape index (κ3) is 6.58. The van der Waals surface area contributed by atoms with Gasteiger partial charge in [0.25, 0.3) is 5.91 Å². The van der Waals surface area contributed by atoms with Crippen molar-refractivity contribution < 1.29 is 19.1 Å². The van der Waals surface area contributed by atoms with Crippen LogP contribution in [0.4, 0.5) is 4.79 Å². The van der Waals surface area contributed by atoms with Crippen molar-refractivity contribution in [3.05, 3.63) is 57.3 Å². The van der Waals surface area contributed by atoms with Crippen LogP contribution in [0.15, 0.2) is 40.4 Å². The quantitative estimate of drug-likeness (QED) is 0.327. The Bertz CT molecular complexity index is 1140. The highest BCUT2D eigenvalue weighted by atomic mass is 79.9. The molecule has 1 aromatic heterocycles. The molecule has 0 bridgehead atoms. The van der Waals surface area contributed by atoms with Gasteiger partial charge in [-0.1, -0.05) is 35.2 Å². The number of benzene rings is 1. The lowest BCUT2D eigenvalue weighted by Crippen LogP contribution is -2.46. The zero-order chi connectivity index (χ0) is 24.7. The van der Waals surface area contributed by atoms with Gasteiger partial charge in [-0.15, -0.1) is 0 Å². The number of urea groups is 1. The standard InChI is InChI=1S/C25H27BrN4O4/c1-16-12-18(17(2)30(16)22-10-8-20(26)9-11-22)13-19(14-27)24(32)34-15-23(31)29-25(33)28-21-6-4-3-5-7-21/h8-13,21H,3-7,15H2,1-2H3,(H2,28,29,31,33). The van der Waals surface area contributed by atoms with Crippen LogP contribution in [-0.4, -0.2) is 35.1 Å². The Hall–Kier alpha value is -3.38. The summed E-state index contributed by atoms with van der Waals surface area (Å²) in [5.41, 5.74) is 3.17. The van der Waals surface area contributed by atoms with Gasteiger partial charge in [0.1, 0.15) is 11.6 Å². The van der Waals surface area contributed by atoms with Crippen LogP contribution >= 0.6 is 15.9 Å². The predicted molar refractivity (Wildman–Crippen MR) is 131 cm³/mol. The summed E-state index contributed by atoms with van der Waals surface area (Å²) in [4.78, 5) is 36.3. The molecule has 0 radical (unpaired) electrons. The van der Waals surface area contributed by atoms with Gasteiger partial charge in [0, 0.05) is 27.6 Å². The molecule has 0 unspecified atom stereocenters. The fourth-order valence-electron chi connectivity index (χ4n) is 4.05. The molecular formula is C25H27BrN4O4. The van der Waals surface area contributed by atoms with Crippen molar-refractivity contribution in [2.45, 2.75) is 52.0 Å². The molecule has 0 spiro atoms. The number of halogens is 1. The number of hydrogen-bond donors (Lipinski definition) is 2. The normalized spacial score (nSPS) is 14.2. The first-order valence-electron chi connectivity index (χ1n) is 11.1. The number of esters is 1. The second kappa shape index (κ2) is 11.7. The summed E-state index contributed by atoms with van der Waals surface area (Å²) in [6, 6.07) is 10.9. The van der Waals surface area contributed by atoms with E-state index in [0.717, 1.165) is 53.7 Å². The third-order valence-electron chi connectivity index (χ3n) is 5.72. The lowest BCUT2D eigenvalue weighted by atomic mass is 9.96. The van der Waals surface area contributed by atoms with Gasteiger partial charge in [-0.05, 0) is 68.7 Å². The number of nitrogens with zero attached hydrogens (tertiary/aromatic N) is 2. The van der Waals surface area contributed by atoms with Crippen LogP contribution in [0.1, 0.15) is 49.1 Å². The van der Waals surface area contributed by atoms with Crippen LogP contribution in [0.25, 0.3) is 11.8 Å². The number of nitrogens with one attached hydrogen (secondary N) is 2. The number of rotatable bonds is 6. The SMILES string of the molecule is Cc1cc(C=C(C#N)C(=O)OCC(=O)NC(=O)NC2CCCCC2)c(C)n1-c1ccc(Br)cc1. The minimum Gasteiger partial charge on any atom is -0.451 e. The average molecular weight is 527 g/mol. The second-order valence-corrected chi connectivity index (χ2v) is 9.16. The molecule has 3 amide bonds. The highest BCUT2D eigenvalue weighted by Gasteiger charge is 2.19. The Kier molecular flexibility index (Phi) is 8.66. The molecule has 9 heteroatoms. The van der Waals surface area contributed by atoms with Gasteiger partial charge in [-0.3, -0.25) is 10.1 Å². The van der Waals surface area contributed by atoms with Crippen LogP contribution in [0.3, 0.4) is 0 Å². The zero-order valence-electron chi connectivity index (χ0n) is 19.2. The molecule has 1 heterocycles. The second-order valence-electron chi connectivity index (χ2n) is 8.24. The van der Waals surface area contributed by atoms with Crippen LogP contribution in [0.5, 0.6) is 0 Å². The minimum atomic E-state index is -0.932. The average Bonchev–Trinajstić information content (AvgIpc) is 3.09. The number of ether oxygens (including phenoxy) is 1.